The molecule has 0 saturated carbocycles. The average molecular weight is 390 g/mol. The van der Waals surface area contributed by atoms with Crippen molar-refractivity contribution in [2.24, 2.45) is 0 Å². The number of hydrogen-bond donors (Lipinski definition) is 2. The van der Waals surface area contributed by atoms with Gasteiger partial charge in [-0.3, -0.25) is 9.59 Å². The highest BCUT2D eigenvalue weighted by molar-refractivity contribution is 5.85. The lowest BCUT2D eigenvalue weighted by molar-refractivity contribution is -0.122. The Morgan fingerprint density at radius 1 is 1.14 bits per heavy atom. The van der Waals surface area contributed by atoms with E-state index in [9.17, 15) is 9.59 Å². The number of benzene rings is 1. The lowest BCUT2D eigenvalue weighted by atomic mass is 9.91. The second-order valence-corrected chi connectivity index (χ2v) is 8.25. The number of carbonyl (C=O) groups excluding carboxylic acids is 1. The number of carbonyl (C=O) groups is 1. The van der Waals surface area contributed by atoms with Gasteiger partial charge in [-0.25, -0.2) is 4.68 Å². The van der Waals surface area contributed by atoms with Crippen molar-refractivity contribution < 1.29 is 4.79 Å². The molecule has 6 nitrogen and oxygen atoms in total. The van der Waals surface area contributed by atoms with Gasteiger partial charge in [0.1, 0.15) is 6.54 Å². The third-order valence-corrected chi connectivity index (χ3v) is 6.27. The first-order chi connectivity index (χ1) is 14.2. The molecular formula is C23H26N4O2. The van der Waals surface area contributed by atoms with Crippen molar-refractivity contribution in [1.29, 1.82) is 0 Å². The van der Waals surface area contributed by atoms with Gasteiger partial charge in [0.05, 0.1) is 11.7 Å². The molecule has 2 aliphatic rings. The molecule has 5 rings (SSSR count). The number of H-pyrrole nitrogens is 1. The second-order valence-electron chi connectivity index (χ2n) is 8.25. The van der Waals surface area contributed by atoms with Crippen LogP contribution < -0.4 is 10.9 Å². The van der Waals surface area contributed by atoms with Crippen molar-refractivity contribution >= 4 is 16.8 Å². The Morgan fingerprint density at radius 2 is 2.00 bits per heavy atom. The van der Waals surface area contributed by atoms with E-state index in [1.54, 1.807) is 6.07 Å². The average Bonchev–Trinajstić information content (AvgIpc) is 2.95. The molecule has 1 amide bonds. The standard InChI is InChI=1S/C23H26N4O2/c28-21(14-27-22(29)13-15-7-2-1-3-10-18(15)26-27)24-20-12-6-9-17-16-8-4-5-11-19(16)25-23(17)20/h4-5,8,11,13,20,25H,1-3,6-7,9-10,12,14H2,(H,24,28)/t20-/m1/s1. The summed E-state index contributed by atoms with van der Waals surface area (Å²) >= 11 is 0. The monoisotopic (exact) mass is 390 g/mol. The molecule has 0 bridgehead atoms. The lowest BCUT2D eigenvalue weighted by Gasteiger charge is -2.24. The third-order valence-electron chi connectivity index (χ3n) is 6.27. The normalized spacial score (nSPS) is 18.7. The molecule has 0 aliphatic heterocycles. The number of hydrogen-bond acceptors (Lipinski definition) is 3. The fourth-order valence-corrected chi connectivity index (χ4v) is 4.83. The summed E-state index contributed by atoms with van der Waals surface area (Å²) in [4.78, 5) is 28.7. The van der Waals surface area contributed by atoms with Crippen LogP contribution in [0.5, 0.6) is 0 Å². The number of rotatable bonds is 3. The Hall–Kier alpha value is -2.89. The fourth-order valence-electron chi connectivity index (χ4n) is 4.83. The summed E-state index contributed by atoms with van der Waals surface area (Å²) in [5, 5.41) is 8.90. The number of aryl methyl sites for hydroxylation is 3. The van der Waals surface area contributed by atoms with Crippen LogP contribution in [-0.2, 0) is 30.6 Å². The van der Waals surface area contributed by atoms with Gasteiger partial charge in [0.15, 0.2) is 0 Å². The van der Waals surface area contributed by atoms with Crippen molar-refractivity contribution in [1.82, 2.24) is 20.1 Å². The molecule has 1 atom stereocenters. The maximum Gasteiger partial charge on any atom is 0.267 e. The summed E-state index contributed by atoms with van der Waals surface area (Å²) in [7, 11) is 0. The Morgan fingerprint density at radius 3 is 2.93 bits per heavy atom. The summed E-state index contributed by atoms with van der Waals surface area (Å²) in [6.07, 6.45) is 8.13. The van der Waals surface area contributed by atoms with Crippen molar-refractivity contribution in [3.05, 3.63) is 63.2 Å². The zero-order valence-electron chi connectivity index (χ0n) is 16.5. The minimum absolute atomic E-state index is 0.0296. The predicted molar refractivity (Wildman–Crippen MR) is 112 cm³/mol. The number of amides is 1. The van der Waals surface area contributed by atoms with E-state index in [0.717, 1.165) is 67.4 Å². The molecule has 0 spiro atoms. The SMILES string of the molecule is O=C(Cn1nc2c(cc1=O)CCCCC2)N[C@@H]1CCCc2c1[nH]c1ccccc21. The van der Waals surface area contributed by atoms with E-state index >= 15 is 0 Å². The van der Waals surface area contributed by atoms with Crippen molar-refractivity contribution in [3.8, 4) is 0 Å². The summed E-state index contributed by atoms with van der Waals surface area (Å²) < 4.78 is 1.33. The van der Waals surface area contributed by atoms with E-state index in [0.29, 0.717) is 0 Å². The van der Waals surface area contributed by atoms with Crippen molar-refractivity contribution in [2.75, 3.05) is 0 Å². The van der Waals surface area contributed by atoms with E-state index in [1.807, 2.05) is 6.07 Å². The minimum Gasteiger partial charge on any atom is -0.356 e. The third kappa shape index (κ3) is 3.48. The van der Waals surface area contributed by atoms with Gasteiger partial charge in [-0.05, 0) is 62.1 Å². The molecule has 3 aromatic rings. The van der Waals surface area contributed by atoms with Crippen molar-refractivity contribution in [3.63, 3.8) is 0 Å². The highest BCUT2D eigenvalue weighted by atomic mass is 16.2. The predicted octanol–water partition coefficient (Wildman–Crippen LogP) is 3.19. The largest absolute Gasteiger partial charge is 0.356 e. The van der Waals surface area contributed by atoms with Gasteiger partial charge in [-0.2, -0.15) is 5.10 Å². The van der Waals surface area contributed by atoms with Gasteiger partial charge in [-0.1, -0.05) is 24.6 Å². The Balaban J connectivity index is 1.36. The molecule has 0 saturated heterocycles. The van der Waals surface area contributed by atoms with Crippen LogP contribution in [0.25, 0.3) is 10.9 Å². The molecule has 2 aromatic heterocycles. The second kappa shape index (κ2) is 7.50. The topological polar surface area (TPSA) is 79.8 Å². The van der Waals surface area contributed by atoms with Gasteiger partial charge >= 0.3 is 0 Å². The van der Waals surface area contributed by atoms with Crippen LogP contribution in [0.15, 0.2) is 35.1 Å². The van der Waals surface area contributed by atoms with Gasteiger partial charge < -0.3 is 10.3 Å². The van der Waals surface area contributed by atoms with Gasteiger partial charge in [-0.15, -0.1) is 0 Å². The zero-order valence-corrected chi connectivity index (χ0v) is 16.5. The van der Waals surface area contributed by atoms with Crippen LogP contribution in [0, 0.1) is 0 Å². The van der Waals surface area contributed by atoms with Crippen LogP contribution in [0.4, 0.5) is 0 Å². The van der Waals surface area contributed by atoms with E-state index in [2.05, 4.69) is 33.6 Å². The first-order valence-electron chi connectivity index (χ1n) is 10.7. The van der Waals surface area contributed by atoms with Gasteiger partial charge in [0.2, 0.25) is 5.91 Å². The minimum atomic E-state index is -0.184. The Bertz CT molecular complexity index is 1130. The maximum absolute atomic E-state index is 12.8. The number of fused-ring (bicyclic) bond motifs is 4. The number of nitrogens with one attached hydrogen (secondary N) is 2. The molecule has 0 fully saturated rings. The smallest absolute Gasteiger partial charge is 0.267 e. The number of para-hydroxylation sites is 1. The van der Waals surface area contributed by atoms with Gasteiger partial charge in [0.25, 0.3) is 5.56 Å². The summed E-state index contributed by atoms with van der Waals surface area (Å²) in [6, 6.07) is 9.91. The van der Waals surface area contributed by atoms with Crippen molar-refractivity contribution in [2.45, 2.75) is 64.0 Å². The molecule has 0 radical (unpaired) electrons. The van der Waals surface area contributed by atoms with Crippen LogP contribution in [0.1, 0.15) is 60.7 Å². The molecular weight excluding hydrogens is 364 g/mol. The fraction of sp³-hybridized carbons (Fsp3) is 0.435. The van der Waals surface area contributed by atoms with Gasteiger partial charge in [0, 0.05) is 22.7 Å². The number of aromatic amines is 1. The molecule has 150 valence electrons. The summed E-state index contributed by atoms with van der Waals surface area (Å²) in [6.45, 7) is -0.0296. The van der Waals surface area contributed by atoms with E-state index in [1.165, 1.54) is 22.1 Å². The number of aromatic nitrogens is 3. The Labute approximate surface area is 169 Å². The highest BCUT2D eigenvalue weighted by Gasteiger charge is 2.25. The quantitative estimate of drug-likeness (QED) is 0.674. The molecule has 2 N–H and O–H groups in total. The first kappa shape index (κ1) is 18.2. The van der Waals surface area contributed by atoms with Crippen LogP contribution >= 0.6 is 0 Å². The van der Waals surface area contributed by atoms with E-state index < -0.39 is 0 Å². The Kier molecular flexibility index (Phi) is 4.70. The maximum atomic E-state index is 12.8. The lowest BCUT2D eigenvalue weighted by Crippen LogP contribution is -2.37. The zero-order chi connectivity index (χ0) is 19.8. The molecule has 0 unspecified atom stereocenters. The molecule has 29 heavy (non-hydrogen) atoms. The summed E-state index contributed by atoms with van der Waals surface area (Å²) in [5.74, 6) is -0.162. The van der Waals surface area contributed by atoms with E-state index in [-0.39, 0.29) is 24.1 Å². The van der Waals surface area contributed by atoms with E-state index in [4.69, 9.17) is 0 Å². The molecule has 1 aromatic carbocycles. The molecule has 2 heterocycles. The first-order valence-corrected chi connectivity index (χ1v) is 10.7. The van der Waals surface area contributed by atoms with Crippen LogP contribution in [0.3, 0.4) is 0 Å². The highest BCUT2D eigenvalue weighted by Crippen LogP contribution is 2.34. The molecule has 6 heteroatoms. The summed E-state index contributed by atoms with van der Waals surface area (Å²) in [5.41, 5.74) is 5.37. The number of nitrogens with zero attached hydrogens (tertiary/aromatic N) is 2. The molecule has 2 aliphatic carbocycles. The van der Waals surface area contributed by atoms with Crippen LogP contribution in [0.2, 0.25) is 0 Å². The van der Waals surface area contributed by atoms with Crippen LogP contribution in [-0.4, -0.2) is 20.7 Å².